The van der Waals surface area contributed by atoms with Crippen LogP contribution in [0.4, 0.5) is 0 Å². The Morgan fingerprint density at radius 3 is 2.83 bits per heavy atom. The maximum absolute atomic E-state index is 12.6. The van der Waals surface area contributed by atoms with Gasteiger partial charge in [-0.1, -0.05) is 12.1 Å². The zero-order chi connectivity index (χ0) is 13.2. The van der Waals surface area contributed by atoms with Gasteiger partial charge in [0.1, 0.15) is 5.25 Å². The lowest BCUT2D eigenvalue weighted by atomic mass is 10.1. The summed E-state index contributed by atoms with van der Waals surface area (Å²) in [5.74, 6) is 0. The molecule has 1 heterocycles. The zero-order valence-electron chi connectivity index (χ0n) is 10.7. The number of hydrogen-bond acceptors (Lipinski definition) is 4. The number of aryl methyl sites for hydroxylation is 1. The normalized spacial score (nSPS) is 25.0. The van der Waals surface area contributed by atoms with Gasteiger partial charge in [-0.2, -0.15) is 0 Å². The van der Waals surface area contributed by atoms with E-state index in [4.69, 9.17) is 4.74 Å². The SMILES string of the molecule is CNC1CCOCC1S(=O)(=O)c1cccc(C)c1. The molecule has 100 valence electrons. The fourth-order valence-electron chi connectivity index (χ4n) is 2.32. The van der Waals surface area contributed by atoms with E-state index in [0.29, 0.717) is 11.5 Å². The third-order valence-corrected chi connectivity index (χ3v) is 5.56. The molecule has 1 fully saturated rings. The van der Waals surface area contributed by atoms with Gasteiger partial charge in [0, 0.05) is 12.6 Å². The minimum Gasteiger partial charge on any atom is -0.380 e. The van der Waals surface area contributed by atoms with Crippen LogP contribution in [-0.4, -0.2) is 40.0 Å². The lowest BCUT2D eigenvalue weighted by molar-refractivity contribution is 0.0825. The van der Waals surface area contributed by atoms with E-state index in [0.717, 1.165) is 12.0 Å². The summed E-state index contributed by atoms with van der Waals surface area (Å²) in [5.41, 5.74) is 0.953. The summed E-state index contributed by atoms with van der Waals surface area (Å²) in [4.78, 5) is 0.387. The van der Waals surface area contributed by atoms with Crippen LogP contribution in [0.1, 0.15) is 12.0 Å². The minimum atomic E-state index is -3.33. The topological polar surface area (TPSA) is 55.4 Å². The number of ether oxygens (including phenoxy) is 1. The van der Waals surface area contributed by atoms with Gasteiger partial charge in [-0.15, -0.1) is 0 Å². The van der Waals surface area contributed by atoms with E-state index in [1.165, 1.54) is 0 Å². The van der Waals surface area contributed by atoms with E-state index in [1.54, 1.807) is 25.2 Å². The van der Waals surface area contributed by atoms with E-state index in [9.17, 15) is 8.42 Å². The van der Waals surface area contributed by atoms with Crippen molar-refractivity contribution in [2.24, 2.45) is 0 Å². The van der Waals surface area contributed by atoms with Crippen LogP contribution >= 0.6 is 0 Å². The fourth-order valence-corrected chi connectivity index (χ4v) is 4.26. The number of sulfone groups is 1. The van der Waals surface area contributed by atoms with Crippen LogP contribution in [0.15, 0.2) is 29.2 Å². The molecule has 0 spiro atoms. The average Bonchev–Trinajstić information content (AvgIpc) is 2.38. The second-order valence-corrected chi connectivity index (χ2v) is 6.83. The van der Waals surface area contributed by atoms with E-state index in [-0.39, 0.29) is 12.6 Å². The van der Waals surface area contributed by atoms with E-state index < -0.39 is 15.1 Å². The Bertz CT molecular complexity index is 513. The van der Waals surface area contributed by atoms with Crippen molar-refractivity contribution in [1.29, 1.82) is 0 Å². The van der Waals surface area contributed by atoms with Gasteiger partial charge in [0.15, 0.2) is 9.84 Å². The van der Waals surface area contributed by atoms with Crippen LogP contribution in [0.3, 0.4) is 0 Å². The number of hydrogen-bond donors (Lipinski definition) is 1. The van der Waals surface area contributed by atoms with Gasteiger partial charge in [0.25, 0.3) is 0 Å². The third-order valence-electron chi connectivity index (χ3n) is 3.39. The van der Waals surface area contributed by atoms with Crippen LogP contribution in [0.2, 0.25) is 0 Å². The highest BCUT2D eigenvalue weighted by atomic mass is 32.2. The first-order valence-corrected chi connectivity index (χ1v) is 7.66. The van der Waals surface area contributed by atoms with Gasteiger partial charge >= 0.3 is 0 Å². The molecule has 1 N–H and O–H groups in total. The predicted octanol–water partition coefficient (Wildman–Crippen LogP) is 1.15. The Kier molecular flexibility index (Phi) is 4.04. The molecule has 0 saturated carbocycles. The first-order chi connectivity index (χ1) is 8.55. The molecule has 2 atom stereocenters. The molecular formula is C13H19NO3S. The molecule has 0 amide bonds. The quantitative estimate of drug-likeness (QED) is 0.894. The molecule has 1 aromatic rings. The third kappa shape index (κ3) is 2.58. The van der Waals surface area contributed by atoms with E-state index in [2.05, 4.69) is 5.32 Å². The van der Waals surface area contributed by atoms with Gasteiger partial charge < -0.3 is 10.1 Å². The molecular weight excluding hydrogens is 250 g/mol. The van der Waals surface area contributed by atoms with Gasteiger partial charge in [-0.3, -0.25) is 0 Å². The van der Waals surface area contributed by atoms with Crippen LogP contribution in [0.5, 0.6) is 0 Å². The second kappa shape index (κ2) is 5.38. The van der Waals surface area contributed by atoms with E-state index in [1.807, 2.05) is 13.0 Å². The van der Waals surface area contributed by atoms with Crippen LogP contribution in [0.25, 0.3) is 0 Å². The highest BCUT2D eigenvalue weighted by Crippen LogP contribution is 2.23. The molecule has 0 radical (unpaired) electrons. The molecule has 0 aromatic heterocycles. The molecule has 1 aliphatic rings. The maximum Gasteiger partial charge on any atom is 0.185 e. The first-order valence-electron chi connectivity index (χ1n) is 6.11. The number of nitrogens with one attached hydrogen (secondary N) is 1. The van der Waals surface area contributed by atoms with Crippen molar-refractivity contribution < 1.29 is 13.2 Å². The highest BCUT2D eigenvalue weighted by molar-refractivity contribution is 7.92. The van der Waals surface area contributed by atoms with Crippen molar-refractivity contribution in [3.63, 3.8) is 0 Å². The summed E-state index contributed by atoms with van der Waals surface area (Å²) < 4.78 is 30.5. The Balaban J connectivity index is 2.35. The van der Waals surface area contributed by atoms with Crippen LogP contribution in [0, 0.1) is 6.92 Å². The fraction of sp³-hybridized carbons (Fsp3) is 0.538. The Morgan fingerprint density at radius 1 is 1.39 bits per heavy atom. The molecule has 18 heavy (non-hydrogen) atoms. The van der Waals surface area contributed by atoms with Crippen LogP contribution in [-0.2, 0) is 14.6 Å². The average molecular weight is 269 g/mol. The molecule has 2 rings (SSSR count). The Morgan fingerprint density at radius 2 is 2.17 bits per heavy atom. The van der Waals surface area contributed by atoms with Gasteiger partial charge in [0.05, 0.1) is 11.5 Å². The van der Waals surface area contributed by atoms with Gasteiger partial charge in [-0.25, -0.2) is 8.42 Å². The number of rotatable bonds is 3. The molecule has 5 heteroatoms. The molecule has 1 aliphatic heterocycles. The zero-order valence-corrected chi connectivity index (χ0v) is 11.5. The molecule has 1 aromatic carbocycles. The van der Waals surface area contributed by atoms with Crippen molar-refractivity contribution in [3.8, 4) is 0 Å². The second-order valence-electron chi connectivity index (χ2n) is 4.66. The van der Waals surface area contributed by atoms with Gasteiger partial charge in [0.2, 0.25) is 0 Å². The summed E-state index contributed by atoms with van der Waals surface area (Å²) >= 11 is 0. The summed E-state index contributed by atoms with van der Waals surface area (Å²) in [5, 5.41) is 2.58. The minimum absolute atomic E-state index is 0.0377. The molecule has 0 bridgehead atoms. The lowest BCUT2D eigenvalue weighted by Gasteiger charge is -2.30. The molecule has 0 aliphatic carbocycles. The monoisotopic (exact) mass is 269 g/mol. The summed E-state index contributed by atoms with van der Waals surface area (Å²) in [6.07, 6.45) is 0.728. The standard InChI is InChI=1S/C13H19NO3S/c1-10-4-3-5-11(8-10)18(15,16)13-9-17-7-6-12(13)14-2/h3-5,8,12-14H,6-7,9H2,1-2H3. The molecule has 2 unspecified atom stereocenters. The first kappa shape index (κ1) is 13.5. The summed E-state index contributed by atoms with van der Waals surface area (Å²) in [7, 11) is -1.53. The van der Waals surface area contributed by atoms with Crippen molar-refractivity contribution >= 4 is 9.84 Å². The summed E-state index contributed by atoms with van der Waals surface area (Å²) in [6.45, 7) is 2.78. The smallest absolute Gasteiger partial charge is 0.185 e. The number of benzene rings is 1. The highest BCUT2D eigenvalue weighted by Gasteiger charge is 2.36. The van der Waals surface area contributed by atoms with Crippen LogP contribution < -0.4 is 5.32 Å². The lowest BCUT2D eigenvalue weighted by Crippen LogP contribution is -2.49. The Labute approximate surface area is 108 Å². The largest absolute Gasteiger partial charge is 0.380 e. The maximum atomic E-state index is 12.6. The Hall–Kier alpha value is -0.910. The molecule has 1 saturated heterocycles. The van der Waals surface area contributed by atoms with Crippen molar-refractivity contribution in [2.75, 3.05) is 20.3 Å². The van der Waals surface area contributed by atoms with Crippen molar-refractivity contribution in [3.05, 3.63) is 29.8 Å². The predicted molar refractivity (Wildman–Crippen MR) is 70.4 cm³/mol. The summed E-state index contributed by atoms with van der Waals surface area (Å²) in [6, 6.07) is 7.01. The van der Waals surface area contributed by atoms with Gasteiger partial charge in [-0.05, 0) is 38.1 Å². The van der Waals surface area contributed by atoms with Crippen molar-refractivity contribution in [1.82, 2.24) is 5.32 Å². The van der Waals surface area contributed by atoms with E-state index >= 15 is 0 Å². The van der Waals surface area contributed by atoms with Crippen molar-refractivity contribution in [2.45, 2.75) is 29.5 Å². The molecule has 4 nitrogen and oxygen atoms in total.